The molecule has 0 bridgehead atoms. The van der Waals surface area contributed by atoms with Crippen LogP contribution in [0.2, 0.25) is 0 Å². The highest BCUT2D eigenvalue weighted by atomic mass is 32.2. The molecule has 1 saturated heterocycles. The van der Waals surface area contributed by atoms with Gasteiger partial charge in [0, 0.05) is 20.0 Å². The van der Waals surface area contributed by atoms with Gasteiger partial charge in [0.2, 0.25) is 15.9 Å². The van der Waals surface area contributed by atoms with E-state index in [1.54, 1.807) is 26.0 Å². The molecule has 0 spiro atoms. The van der Waals surface area contributed by atoms with E-state index in [4.69, 9.17) is 9.15 Å². The molecule has 1 unspecified atom stereocenters. The summed E-state index contributed by atoms with van der Waals surface area (Å²) in [7, 11) is -3.47. The Labute approximate surface area is 158 Å². The second kappa shape index (κ2) is 8.18. The second-order valence-electron chi connectivity index (χ2n) is 6.58. The van der Waals surface area contributed by atoms with E-state index in [0.717, 1.165) is 19.3 Å². The Hall–Kier alpha value is -2.26. The SMILES string of the molecule is Cc1nnc(C(C)OC(=O)Cc2ccc(S(=O)(=O)N3CCCCC3)cc2)o1. The van der Waals surface area contributed by atoms with Crippen LogP contribution < -0.4 is 0 Å². The fourth-order valence-corrected chi connectivity index (χ4v) is 4.48. The zero-order valence-electron chi connectivity index (χ0n) is 15.4. The number of aromatic nitrogens is 2. The highest BCUT2D eigenvalue weighted by molar-refractivity contribution is 7.89. The van der Waals surface area contributed by atoms with Gasteiger partial charge in [0.05, 0.1) is 11.3 Å². The van der Waals surface area contributed by atoms with Crippen LogP contribution in [-0.4, -0.2) is 42.0 Å². The number of ether oxygens (including phenoxy) is 1. The van der Waals surface area contributed by atoms with Crippen molar-refractivity contribution < 1.29 is 22.4 Å². The van der Waals surface area contributed by atoms with Crippen LogP contribution in [0.3, 0.4) is 0 Å². The summed E-state index contributed by atoms with van der Waals surface area (Å²) in [5.41, 5.74) is 0.673. The fraction of sp³-hybridized carbons (Fsp3) is 0.500. The van der Waals surface area contributed by atoms with Crippen molar-refractivity contribution in [1.29, 1.82) is 0 Å². The van der Waals surface area contributed by atoms with E-state index >= 15 is 0 Å². The Kier molecular flexibility index (Phi) is 5.91. The maximum atomic E-state index is 12.6. The normalized spacial score (nSPS) is 16.8. The van der Waals surface area contributed by atoms with E-state index < -0.39 is 22.1 Å². The fourth-order valence-electron chi connectivity index (χ4n) is 2.97. The molecule has 1 aliphatic heterocycles. The summed E-state index contributed by atoms with van der Waals surface area (Å²) < 4.78 is 37.3. The molecule has 1 aromatic heterocycles. The number of nitrogens with zero attached hydrogens (tertiary/aromatic N) is 3. The van der Waals surface area contributed by atoms with Gasteiger partial charge >= 0.3 is 5.97 Å². The number of hydrogen-bond acceptors (Lipinski definition) is 7. The summed E-state index contributed by atoms with van der Waals surface area (Å²) in [6.07, 6.45) is 2.23. The number of rotatable bonds is 6. The molecule has 3 rings (SSSR count). The van der Waals surface area contributed by atoms with Crippen LogP contribution in [0.15, 0.2) is 33.6 Å². The van der Waals surface area contributed by atoms with Crippen molar-refractivity contribution in [2.24, 2.45) is 0 Å². The molecule has 0 amide bonds. The minimum Gasteiger partial charge on any atom is -0.452 e. The van der Waals surface area contributed by atoms with Crippen LogP contribution in [0, 0.1) is 6.92 Å². The highest BCUT2D eigenvalue weighted by Crippen LogP contribution is 2.21. The zero-order chi connectivity index (χ0) is 19.4. The average molecular weight is 393 g/mol. The third-order valence-electron chi connectivity index (χ3n) is 4.42. The quantitative estimate of drug-likeness (QED) is 0.694. The number of carbonyl (C=O) groups is 1. The van der Waals surface area contributed by atoms with Gasteiger partial charge in [-0.3, -0.25) is 4.79 Å². The molecule has 0 saturated carbocycles. The van der Waals surface area contributed by atoms with Crippen LogP contribution in [0.25, 0.3) is 0 Å². The minimum atomic E-state index is -3.47. The van der Waals surface area contributed by atoms with E-state index in [1.807, 2.05) is 0 Å². The van der Waals surface area contributed by atoms with Crippen molar-refractivity contribution in [1.82, 2.24) is 14.5 Å². The Morgan fingerprint density at radius 2 is 1.85 bits per heavy atom. The first kappa shape index (κ1) is 19.5. The van der Waals surface area contributed by atoms with Crippen molar-refractivity contribution in [2.45, 2.75) is 50.5 Å². The summed E-state index contributed by atoms with van der Waals surface area (Å²) in [6, 6.07) is 6.36. The molecular weight excluding hydrogens is 370 g/mol. The lowest BCUT2D eigenvalue weighted by molar-refractivity contribution is -0.148. The van der Waals surface area contributed by atoms with Gasteiger partial charge in [-0.05, 0) is 37.5 Å². The van der Waals surface area contributed by atoms with Crippen molar-refractivity contribution in [3.63, 3.8) is 0 Å². The summed E-state index contributed by atoms with van der Waals surface area (Å²) in [5, 5.41) is 7.52. The third-order valence-corrected chi connectivity index (χ3v) is 6.34. The van der Waals surface area contributed by atoms with E-state index in [2.05, 4.69) is 10.2 Å². The van der Waals surface area contributed by atoms with E-state index in [9.17, 15) is 13.2 Å². The maximum Gasteiger partial charge on any atom is 0.311 e. The van der Waals surface area contributed by atoms with Gasteiger partial charge in [-0.15, -0.1) is 10.2 Å². The second-order valence-corrected chi connectivity index (χ2v) is 8.51. The number of carbonyl (C=O) groups excluding carboxylic acids is 1. The standard InChI is InChI=1S/C18H23N3O5S/c1-13(18-20-19-14(2)26-18)25-17(22)12-15-6-8-16(9-7-15)27(23,24)21-10-4-3-5-11-21/h6-9,13H,3-5,10-12H2,1-2H3. The smallest absolute Gasteiger partial charge is 0.311 e. The van der Waals surface area contributed by atoms with Crippen molar-refractivity contribution in [3.05, 3.63) is 41.6 Å². The molecule has 1 aromatic carbocycles. The number of hydrogen-bond donors (Lipinski definition) is 0. The lowest BCUT2D eigenvalue weighted by Gasteiger charge is -2.25. The molecule has 2 heterocycles. The van der Waals surface area contributed by atoms with Gasteiger partial charge in [-0.1, -0.05) is 18.6 Å². The van der Waals surface area contributed by atoms with Gasteiger partial charge in [-0.2, -0.15) is 4.31 Å². The highest BCUT2D eigenvalue weighted by Gasteiger charge is 2.26. The molecule has 0 aliphatic carbocycles. The first-order chi connectivity index (χ1) is 12.9. The molecule has 2 aromatic rings. The van der Waals surface area contributed by atoms with Crippen LogP contribution in [-0.2, 0) is 26.0 Å². The van der Waals surface area contributed by atoms with Crippen LogP contribution >= 0.6 is 0 Å². The van der Waals surface area contributed by atoms with Crippen LogP contribution in [0.4, 0.5) is 0 Å². The Bertz CT molecular complexity index is 886. The van der Waals surface area contributed by atoms with E-state index in [1.165, 1.54) is 16.4 Å². The van der Waals surface area contributed by atoms with E-state index in [0.29, 0.717) is 24.5 Å². The molecule has 146 valence electrons. The van der Waals surface area contributed by atoms with Gasteiger partial charge in [0.15, 0.2) is 6.10 Å². The molecule has 27 heavy (non-hydrogen) atoms. The zero-order valence-corrected chi connectivity index (χ0v) is 16.2. The number of benzene rings is 1. The van der Waals surface area contributed by atoms with Crippen molar-refractivity contribution >= 4 is 16.0 Å². The minimum absolute atomic E-state index is 0.0293. The number of piperidine rings is 1. The lowest BCUT2D eigenvalue weighted by Crippen LogP contribution is -2.35. The van der Waals surface area contributed by atoms with Crippen LogP contribution in [0.1, 0.15) is 49.6 Å². The number of sulfonamides is 1. The first-order valence-electron chi connectivity index (χ1n) is 8.95. The molecule has 1 fully saturated rings. The molecule has 0 N–H and O–H groups in total. The topological polar surface area (TPSA) is 103 Å². The van der Waals surface area contributed by atoms with E-state index in [-0.39, 0.29) is 17.2 Å². The summed E-state index contributed by atoms with van der Waals surface area (Å²) in [5.74, 6) is 0.187. The summed E-state index contributed by atoms with van der Waals surface area (Å²) in [4.78, 5) is 12.3. The third kappa shape index (κ3) is 4.72. The number of esters is 1. The molecule has 1 aliphatic rings. The monoisotopic (exact) mass is 393 g/mol. The van der Waals surface area contributed by atoms with Crippen molar-refractivity contribution in [2.75, 3.05) is 13.1 Å². The summed E-state index contributed by atoms with van der Waals surface area (Å²) in [6.45, 7) is 4.43. The molecule has 1 atom stereocenters. The molecule has 0 radical (unpaired) electrons. The lowest BCUT2D eigenvalue weighted by atomic mass is 10.1. The molecule has 8 nitrogen and oxygen atoms in total. The largest absolute Gasteiger partial charge is 0.452 e. The Balaban J connectivity index is 1.60. The van der Waals surface area contributed by atoms with Gasteiger partial charge in [0.1, 0.15) is 0 Å². The van der Waals surface area contributed by atoms with Crippen molar-refractivity contribution in [3.8, 4) is 0 Å². The van der Waals surface area contributed by atoms with Gasteiger partial charge in [0.25, 0.3) is 5.89 Å². The summed E-state index contributed by atoms with van der Waals surface area (Å²) >= 11 is 0. The maximum absolute atomic E-state index is 12.6. The Morgan fingerprint density at radius 3 is 2.44 bits per heavy atom. The Morgan fingerprint density at radius 1 is 1.19 bits per heavy atom. The predicted molar refractivity (Wildman–Crippen MR) is 96.3 cm³/mol. The predicted octanol–water partition coefficient (Wildman–Crippen LogP) is 2.40. The number of aryl methyl sites for hydroxylation is 1. The molecule has 9 heteroatoms. The van der Waals surface area contributed by atoms with Gasteiger partial charge in [-0.25, -0.2) is 8.42 Å². The average Bonchev–Trinajstić information content (AvgIpc) is 3.09. The first-order valence-corrected chi connectivity index (χ1v) is 10.4. The van der Waals surface area contributed by atoms with Crippen LogP contribution in [0.5, 0.6) is 0 Å². The van der Waals surface area contributed by atoms with Gasteiger partial charge < -0.3 is 9.15 Å². The molecular formula is C18H23N3O5S.